The molecule has 62 heavy (non-hydrogen) atoms. The predicted octanol–water partition coefficient (Wildman–Crippen LogP) is 6.58. The molecular weight excluding hydrogens is 803 g/mol. The van der Waals surface area contributed by atoms with Crippen LogP contribution in [0.15, 0.2) is 48.5 Å². The van der Waals surface area contributed by atoms with E-state index >= 15 is 0 Å². The third kappa shape index (κ3) is 36.5. The van der Waals surface area contributed by atoms with Crippen LogP contribution in [0.3, 0.4) is 0 Å². The van der Waals surface area contributed by atoms with Crippen molar-refractivity contribution in [1.29, 1.82) is 0 Å². The zero-order chi connectivity index (χ0) is 44.1. The molecule has 0 radical (unpaired) electrons. The van der Waals surface area contributed by atoms with Gasteiger partial charge in [-0.15, -0.1) is 0 Å². The van der Waals surface area contributed by atoms with Crippen molar-refractivity contribution in [1.82, 2.24) is 0 Å². The maximum Gasteiger partial charge on any atom is 0.221 e. The lowest BCUT2D eigenvalue weighted by molar-refractivity contribution is -0.114. The topological polar surface area (TPSA) is 149 Å². The van der Waals surface area contributed by atoms with E-state index in [2.05, 4.69) is 36.5 Å². The number of nitrogens with one attached hydrogen (secondary N) is 1. The Balaban J connectivity index is 1.16. The smallest absolute Gasteiger partial charge is 0.221 e. The number of carbonyl (C=O) groups is 1. The van der Waals surface area contributed by atoms with Gasteiger partial charge in [0, 0.05) is 12.6 Å². The summed E-state index contributed by atoms with van der Waals surface area (Å²) in [7, 11) is 0. The molecule has 0 aliphatic rings. The predicted molar refractivity (Wildman–Crippen MR) is 239 cm³/mol. The molecule has 15 nitrogen and oxygen atoms in total. The lowest BCUT2D eigenvalue weighted by Crippen LogP contribution is -2.15. The van der Waals surface area contributed by atoms with Crippen molar-refractivity contribution in [2.45, 2.75) is 65.2 Å². The molecular formula is C47H79NO14. The SMILES string of the molecule is CCCCCCCCCc1ccc(OCCOCCOCCOCCOCCOCCOCCOCCOCCOCCOCCOCCOc2ccc(NC(C)=O)cc2)cc1. The Hall–Kier alpha value is -2.93. The lowest BCUT2D eigenvalue weighted by atomic mass is 10.0. The van der Waals surface area contributed by atoms with Crippen molar-refractivity contribution in [3.8, 4) is 11.5 Å². The van der Waals surface area contributed by atoms with Gasteiger partial charge in [0.25, 0.3) is 0 Å². The zero-order valence-electron chi connectivity index (χ0n) is 38.0. The van der Waals surface area contributed by atoms with Crippen molar-refractivity contribution >= 4 is 11.6 Å². The van der Waals surface area contributed by atoms with E-state index in [4.69, 9.17) is 61.6 Å². The lowest BCUT2D eigenvalue weighted by Gasteiger charge is -2.09. The Bertz CT molecular complexity index is 1240. The second kappa shape index (κ2) is 43.3. The van der Waals surface area contributed by atoms with Crippen LogP contribution in [0, 0.1) is 0 Å². The first-order valence-electron chi connectivity index (χ1n) is 22.7. The third-order valence-corrected chi connectivity index (χ3v) is 8.88. The van der Waals surface area contributed by atoms with Gasteiger partial charge in [-0.2, -0.15) is 0 Å². The fraction of sp³-hybridized carbons (Fsp3) is 0.723. The molecule has 0 unspecified atom stereocenters. The quantitative estimate of drug-likeness (QED) is 0.0714. The number of hydrogen-bond donors (Lipinski definition) is 1. The standard InChI is InChI=1S/C47H79NO14/c1-3-4-5-6-7-8-9-10-44-11-15-46(16-12-44)61-41-39-59-37-35-57-33-31-55-29-27-53-25-23-51-21-19-50-20-22-52-24-26-54-28-30-56-32-34-58-36-38-60-40-42-62-47-17-13-45(14-18-47)48-43(2)49/h11-18H,3-10,19-42H2,1-2H3,(H,48,49). The summed E-state index contributed by atoms with van der Waals surface area (Å²) < 4.78 is 72.2. The monoisotopic (exact) mass is 882 g/mol. The average Bonchev–Trinajstić information content (AvgIpc) is 3.28. The Kier molecular flexibility index (Phi) is 38.6. The zero-order valence-corrected chi connectivity index (χ0v) is 38.0. The van der Waals surface area contributed by atoms with Gasteiger partial charge in [0.05, 0.1) is 145 Å². The fourth-order valence-corrected chi connectivity index (χ4v) is 5.61. The number of rotatable bonds is 47. The number of anilines is 1. The highest BCUT2D eigenvalue weighted by molar-refractivity contribution is 5.88. The van der Waals surface area contributed by atoms with Crippen LogP contribution in [0.1, 0.15) is 64.4 Å². The highest BCUT2D eigenvalue weighted by atomic mass is 16.6. The molecule has 0 fully saturated rings. The summed E-state index contributed by atoms with van der Waals surface area (Å²) >= 11 is 0. The van der Waals surface area contributed by atoms with Gasteiger partial charge in [0.2, 0.25) is 5.91 Å². The van der Waals surface area contributed by atoms with Crippen molar-refractivity contribution in [3.05, 3.63) is 54.1 Å². The minimum Gasteiger partial charge on any atom is -0.491 e. The molecule has 0 aliphatic carbocycles. The first-order chi connectivity index (χ1) is 30.7. The van der Waals surface area contributed by atoms with E-state index in [0.717, 1.165) is 17.9 Å². The number of amides is 1. The molecule has 0 bridgehead atoms. The van der Waals surface area contributed by atoms with Gasteiger partial charge in [0.15, 0.2) is 0 Å². The van der Waals surface area contributed by atoms with Gasteiger partial charge in [-0.05, 0) is 54.8 Å². The van der Waals surface area contributed by atoms with Crippen molar-refractivity contribution in [2.75, 3.05) is 164 Å². The molecule has 2 aromatic carbocycles. The number of hydrogen-bond acceptors (Lipinski definition) is 14. The van der Waals surface area contributed by atoms with E-state index in [1.54, 1.807) is 24.3 Å². The van der Waals surface area contributed by atoms with Crippen LogP contribution in [0.4, 0.5) is 5.69 Å². The molecule has 15 heteroatoms. The summed E-state index contributed by atoms with van der Waals surface area (Å²) in [5.74, 6) is 1.49. The van der Waals surface area contributed by atoms with Crippen molar-refractivity contribution in [2.24, 2.45) is 0 Å². The molecule has 0 aromatic heterocycles. The maximum absolute atomic E-state index is 11.1. The van der Waals surface area contributed by atoms with E-state index < -0.39 is 0 Å². The Labute approximate surface area is 371 Å². The van der Waals surface area contributed by atoms with Crippen LogP contribution in [0.25, 0.3) is 0 Å². The van der Waals surface area contributed by atoms with Gasteiger partial charge in [-0.3, -0.25) is 4.79 Å². The molecule has 0 atom stereocenters. The number of aryl methyl sites for hydroxylation is 1. The summed E-state index contributed by atoms with van der Waals surface area (Å²) in [5.41, 5.74) is 2.11. The van der Waals surface area contributed by atoms with Gasteiger partial charge in [-0.25, -0.2) is 0 Å². The maximum atomic E-state index is 11.1. The molecule has 1 amide bonds. The van der Waals surface area contributed by atoms with Crippen molar-refractivity contribution in [3.63, 3.8) is 0 Å². The molecule has 2 aromatic rings. The molecule has 1 N–H and O–H groups in total. The Morgan fingerprint density at radius 3 is 0.952 bits per heavy atom. The van der Waals surface area contributed by atoms with E-state index in [9.17, 15) is 4.79 Å². The largest absolute Gasteiger partial charge is 0.491 e. The van der Waals surface area contributed by atoms with Gasteiger partial charge < -0.3 is 66.9 Å². The second-order valence-corrected chi connectivity index (χ2v) is 14.2. The number of benzene rings is 2. The van der Waals surface area contributed by atoms with Gasteiger partial charge >= 0.3 is 0 Å². The van der Waals surface area contributed by atoms with Crippen LogP contribution in [0.5, 0.6) is 11.5 Å². The Morgan fingerprint density at radius 2 is 0.645 bits per heavy atom. The number of carbonyl (C=O) groups excluding carboxylic acids is 1. The molecule has 0 saturated carbocycles. The van der Waals surface area contributed by atoms with Crippen LogP contribution in [-0.2, 0) is 63.3 Å². The summed E-state index contributed by atoms with van der Waals surface area (Å²) in [6.45, 7) is 15.6. The summed E-state index contributed by atoms with van der Waals surface area (Å²) in [5, 5.41) is 2.71. The Morgan fingerprint density at radius 1 is 0.371 bits per heavy atom. The van der Waals surface area contributed by atoms with Crippen LogP contribution in [-0.4, -0.2) is 164 Å². The second-order valence-electron chi connectivity index (χ2n) is 14.2. The highest BCUT2D eigenvalue weighted by Crippen LogP contribution is 2.16. The molecule has 2 rings (SSSR count). The van der Waals surface area contributed by atoms with Crippen LogP contribution >= 0.6 is 0 Å². The van der Waals surface area contributed by atoms with E-state index in [1.165, 1.54) is 57.4 Å². The molecule has 0 aliphatic heterocycles. The fourth-order valence-electron chi connectivity index (χ4n) is 5.61. The van der Waals surface area contributed by atoms with Crippen LogP contribution in [0.2, 0.25) is 0 Å². The summed E-state index contributed by atoms with van der Waals surface area (Å²) in [4.78, 5) is 11.1. The normalized spacial score (nSPS) is 11.3. The highest BCUT2D eigenvalue weighted by Gasteiger charge is 2.01. The van der Waals surface area contributed by atoms with E-state index in [-0.39, 0.29) is 5.91 Å². The molecule has 356 valence electrons. The molecule has 0 saturated heterocycles. The molecule has 0 heterocycles. The average molecular weight is 882 g/mol. The van der Waals surface area contributed by atoms with Gasteiger partial charge in [0.1, 0.15) is 24.7 Å². The third-order valence-electron chi connectivity index (χ3n) is 8.88. The van der Waals surface area contributed by atoms with Crippen molar-refractivity contribution < 1.29 is 66.4 Å². The summed E-state index contributed by atoms with van der Waals surface area (Å²) in [6.07, 6.45) is 10.5. The van der Waals surface area contributed by atoms with E-state index in [0.29, 0.717) is 164 Å². The first-order valence-corrected chi connectivity index (χ1v) is 22.7. The minimum absolute atomic E-state index is 0.109. The summed E-state index contributed by atoms with van der Waals surface area (Å²) in [6, 6.07) is 15.6. The minimum atomic E-state index is -0.109. The molecule has 0 spiro atoms. The first kappa shape index (κ1) is 55.2. The van der Waals surface area contributed by atoms with Gasteiger partial charge in [-0.1, -0.05) is 57.6 Å². The number of unbranched alkanes of at least 4 members (excludes halogenated alkanes) is 6. The van der Waals surface area contributed by atoms with E-state index in [1.807, 2.05) is 0 Å². The number of ether oxygens (including phenoxy) is 13. The van der Waals surface area contributed by atoms with Crippen LogP contribution < -0.4 is 14.8 Å².